The Labute approximate surface area is 141 Å². The monoisotopic (exact) mass is 321 g/mol. The molecule has 0 spiro atoms. The fourth-order valence-electron chi connectivity index (χ4n) is 2.58. The van der Waals surface area contributed by atoms with Crippen LogP contribution in [-0.4, -0.2) is 13.2 Å². The number of hydrogen-bond acceptors (Lipinski definition) is 2. The normalized spacial score (nSPS) is 10.6. The van der Waals surface area contributed by atoms with Gasteiger partial charge in [-0.1, -0.05) is 42.0 Å². The molecule has 0 unspecified atom stereocenters. The second kappa shape index (κ2) is 7.28. The standard InChI is InChI=1S/C21H20FNO/c1-15-2-4-16(5-3-15)18-12-19(14-21(13-18)24-11-10-23)17-6-8-20(22)9-7-17/h2-9,12-14H,10-11,23H2,1H3. The maximum atomic E-state index is 13.2. The Bertz CT molecular complexity index is 746. The van der Waals surface area contributed by atoms with Crippen LogP contribution in [0.2, 0.25) is 0 Å². The Hall–Kier alpha value is -2.65. The highest BCUT2D eigenvalue weighted by Gasteiger charge is 2.07. The van der Waals surface area contributed by atoms with E-state index in [2.05, 4.69) is 37.3 Å². The van der Waals surface area contributed by atoms with Gasteiger partial charge in [-0.2, -0.15) is 0 Å². The summed E-state index contributed by atoms with van der Waals surface area (Å²) in [5.74, 6) is 0.519. The highest BCUT2D eigenvalue weighted by Crippen LogP contribution is 2.31. The molecule has 2 nitrogen and oxygen atoms in total. The van der Waals surface area contributed by atoms with E-state index in [0.717, 1.165) is 28.0 Å². The number of nitrogens with two attached hydrogens (primary N) is 1. The molecular formula is C21H20FNO. The smallest absolute Gasteiger partial charge is 0.123 e. The van der Waals surface area contributed by atoms with E-state index in [4.69, 9.17) is 10.5 Å². The summed E-state index contributed by atoms with van der Waals surface area (Å²) in [5, 5.41) is 0. The molecule has 3 aromatic carbocycles. The summed E-state index contributed by atoms with van der Waals surface area (Å²) in [4.78, 5) is 0. The Morgan fingerprint density at radius 2 is 1.33 bits per heavy atom. The van der Waals surface area contributed by atoms with Gasteiger partial charge < -0.3 is 10.5 Å². The molecule has 24 heavy (non-hydrogen) atoms. The fraction of sp³-hybridized carbons (Fsp3) is 0.143. The first-order valence-corrected chi connectivity index (χ1v) is 7.96. The minimum atomic E-state index is -0.243. The first-order valence-electron chi connectivity index (χ1n) is 7.96. The summed E-state index contributed by atoms with van der Waals surface area (Å²) >= 11 is 0. The highest BCUT2D eigenvalue weighted by molar-refractivity contribution is 5.75. The van der Waals surface area contributed by atoms with Crippen molar-refractivity contribution in [2.24, 2.45) is 5.73 Å². The third-order valence-electron chi connectivity index (χ3n) is 3.86. The van der Waals surface area contributed by atoms with Crippen LogP contribution in [0.3, 0.4) is 0 Å². The number of hydrogen-bond donors (Lipinski definition) is 1. The van der Waals surface area contributed by atoms with Crippen molar-refractivity contribution in [2.45, 2.75) is 6.92 Å². The predicted molar refractivity (Wildman–Crippen MR) is 96.6 cm³/mol. The summed E-state index contributed by atoms with van der Waals surface area (Å²) in [6.07, 6.45) is 0. The molecule has 2 N–H and O–H groups in total. The van der Waals surface area contributed by atoms with Crippen molar-refractivity contribution in [1.29, 1.82) is 0 Å². The minimum Gasteiger partial charge on any atom is -0.492 e. The van der Waals surface area contributed by atoms with Crippen LogP contribution in [0.1, 0.15) is 5.56 Å². The lowest BCUT2D eigenvalue weighted by atomic mass is 9.98. The quantitative estimate of drug-likeness (QED) is 0.732. The summed E-state index contributed by atoms with van der Waals surface area (Å²) < 4.78 is 18.9. The van der Waals surface area contributed by atoms with Gasteiger partial charge in [0.25, 0.3) is 0 Å². The summed E-state index contributed by atoms with van der Waals surface area (Å²) in [6.45, 7) is 2.98. The number of halogens is 1. The first-order chi connectivity index (χ1) is 11.7. The van der Waals surface area contributed by atoms with E-state index >= 15 is 0 Å². The second-order valence-electron chi connectivity index (χ2n) is 5.76. The molecule has 3 aromatic rings. The predicted octanol–water partition coefficient (Wildman–Crippen LogP) is 4.81. The zero-order valence-corrected chi connectivity index (χ0v) is 13.6. The Kier molecular flexibility index (Phi) is 4.92. The van der Waals surface area contributed by atoms with Crippen molar-refractivity contribution in [1.82, 2.24) is 0 Å². The van der Waals surface area contributed by atoms with Gasteiger partial charge in [-0.05, 0) is 59.5 Å². The van der Waals surface area contributed by atoms with Gasteiger partial charge in [0.15, 0.2) is 0 Å². The molecule has 3 heteroatoms. The third kappa shape index (κ3) is 3.81. The molecule has 0 aliphatic carbocycles. The Balaban J connectivity index is 2.05. The summed E-state index contributed by atoms with van der Waals surface area (Å²) in [6, 6.07) is 20.9. The van der Waals surface area contributed by atoms with Crippen molar-refractivity contribution < 1.29 is 9.13 Å². The van der Waals surface area contributed by atoms with E-state index in [1.807, 2.05) is 12.1 Å². The van der Waals surface area contributed by atoms with Crippen LogP contribution < -0.4 is 10.5 Å². The molecule has 122 valence electrons. The molecule has 0 bridgehead atoms. The second-order valence-corrected chi connectivity index (χ2v) is 5.76. The van der Waals surface area contributed by atoms with E-state index in [0.29, 0.717) is 13.2 Å². The number of aryl methyl sites for hydroxylation is 1. The molecule has 0 aromatic heterocycles. The molecule has 0 saturated heterocycles. The van der Waals surface area contributed by atoms with Crippen molar-refractivity contribution in [3.05, 3.63) is 78.1 Å². The van der Waals surface area contributed by atoms with Gasteiger partial charge in [0.1, 0.15) is 18.2 Å². The van der Waals surface area contributed by atoms with Gasteiger partial charge in [0.05, 0.1) is 0 Å². The van der Waals surface area contributed by atoms with Gasteiger partial charge in [0, 0.05) is 6.54 Å². The van der Waals surface area contributed by atoms with Gasteiger partial charge >= 0.3 is 0 Å². The zero-order chi connectivity index (χ0) is 16.9. The van der Waals surface area contributed by atoms with Crippen molar-refractivity contribution >= 4 is 0 Å². The molecule has 0 aliphatic rings. The molecule has 0 atom stereocenters. The number of rotatable bonds is 5. The van der Waals surface area contributed by atoms with Crippen LogP contribution >= 0.6 is 0 Å². The van der Waals surface area contributed by atoms with Crippen LogP contribution in [0, 0.1) is 12.7 Å². The maximum absolute atomic E-state index is 13.2. The molecular weight excluding hydrogens is 301 g/mol. The van der Waals surface area contributed by atoms with E-state index in [1.165, 1.54) is 17.7 Å². The lowest BCUT2D eigenvalue weighted by Gasteiger charge is -2.12. The molecule has 0 amide bonds. The van der Waals surface area contributed by atoms with E-state index < -0.39 is 0 Å². The Morgan fingerprint density at radius 1 is 0.792 bits per heavy atom. The van der Waals surface area contributed by atoms with Gasteiger partial charge in [0.2, 0.25) is 0 Å². The number of benzene rings is 3. The van der Waals surface area contributed by atoms with Crippen LogP contribution in [0.25, 0.3) is 22.3 Å². The van der Waals surface area contributed by atoms with Crippen LogP contribution in [-0.2, 0) is 0 Å². The lowest BCUT2D eigenvalue weighted by molar-refractivity contribution is 0.328. The van der Waals surface area contributed by atoms with Crippen LogP contribution in [0.5, 0.6) is 5.75 Å². The average Bonchev–Trinajstić information content (AvgIpc) is 2.61. The lowest BCUT2D eigenvalue weighted by Crippen LogP contribution is -2.10. The maximum Gasteiger partial charge on any atom is 0.123 e. The molecule has 3 rings (SSSR count). The van der Waals surface area contributed by atoms with E-state index in [-0.39, 0.29) is 5.82 Å². The largest absolute Gasteiger partial charge is 0.492 e. The van der Waals surface area contributed by atoms with E-state index in [1.54, 1.807) is 12.1 Å². The number of ether oxygens (including phenoxy) is 1. The molecule has 0 saturated carbocycles. The van der Waals surface area contributed by atoms with Gasteiger partial charge in [-0.25, -0.2) is 4.39 Å². The van der Waals surface area contributed by atoms with Gasteiger partial charge in [-0.3, -0.25) is 0 Å². The fourth-order valence-corrected chi connectivity index (χ4v) is 2.58. The molecule has 0 heterocycles. The average molecular weight is 321 g/mol. The highest BCUT2D eigenvalue weighted by atomic mass is 19.1. The van der Waals surface area contributed by atoms with E-state index in [9.17, 15) is 4.39 Å². The third-order valence-corrected chi connectivity index (χ3v) is 3.86. The molecule has 0 radical (unpaired) electrons. The Morgan fingerprint density at radius 3 is 1.88 bits per heavy atom. The van der Waals surface area contributed by atoms with Crippen molar-refractivity contribution in [3.63, 3.8) is 0 Å². The minimum absolute atomic E-state index is 0.243. The first kappa shape index (κ1) is 16.2. The topological polar surface area (TPSA) is 35.2 Å². The zero-order valence-electron chi connectivity index (χ0n) is 13.6. The van der Waals surface area contributed by atoms with Crippen LogP contribution in [0.4, 0.5) is 4.39 Å². The van der Waals surface area contributed by atoms with Crippen molar-refractivity contribution in [3.8, 4) is 28.0 Å². The molecule has 0 aliphatic heterocycles. The summed E-state index contributed by atoms with van der Waals surface area (Å²) in [5.41, 5.74) is 10.9. The molecule has 0 fully saturated rings. The van der Waals surface area contributed by atoms with Gasteiger partial charge in [-0.15, -0.1) is 0 Å². The van der Waals surface area contributed by atoms with Crippen molar-refractivity contribution in [2.75, 3.05) is 13.2 Å². The SMILES string of the molecule is Cc1ccc(-c2cc(OCCN)cc(-c3ccc(F)cc3)c2)cc1. The summed E-state index contributed by atoms with van der Waals surface area (Å²) in [7, 11) is 0. The van der Waals surface area contributed by atoms with Crippen LogP contribution in [0.15, 0.2) is 66.7 Å².